The van der Waals surface area contributed by atoms with Gasteiger partial charge >= 0.3 is 7.82 Å². The predicted molar refractivity (Wildman–Crippen MR) is 108 cm³/mol. The zero-order valence-corrected chi connectivity index (χ0v) is 22.2. The molecule has 0 radical (unpaired) electrons. The van der Waals surface area contributed by atoms with E-state index in [0.717, 1.165) is 0 Å². The molecule has 21 heavy (non-hydrogen) atoms. The Morgan fingerprint density at radius 3 is 1.29 bits per heavy atom. The number of rotatable bonds is 8. The van der Waals surface area contributed by atoms with Gasteiger partial charge in [-0.25, -0.2) is 4.57 Å². The third-order valence-electron chi connectivity index (χ3n) is 2.70. The Hall–Kier alpha value is 2.99. The second-order valence-corrected chi connectivity index (χ2v) is 14.7. The molecule has 0 heterocycles. The van der Waals surface area contributed by atoms with E-state index in [1.54, 1.807) is 0 Å². The van der Waals surface area contributed by atoms with Gasteiger partial charge in [0.25, 0.3) is 0 Å². The van der Waals surface area contributed by atoms with Crippen LogP contribution in [0.5, 0.6) is 0 Å². The summed E-state index contributed by atoms with van der Waals surface area (Å²) in [6.07, 6.45) is 0. The molecule has 0 amide bonds. The minimum absolute atomic E-state index is 0.525. The molecule has 4 nitrogen and oxygen atoms in total. The lowest BCUT2D eigenvalue weighted by Gasteiger charge is -2.40. The fraction of sp³-hybridized carbons (Fsp3) is 1.00. The topological polar surface area (TPSA) is 55.8 Å². The largest absolute Gasteiger partial charge is 0.476 e. The van der Waals surface area contributed by atoms with Gasteiger partial charge in [0.1, 0.15) is 0 Å². The normalized spacial score (nSPS) is 15.4. The van der Waals surface area contributed by atoms with Crippen molar-refractivity contribution in [1.29, 1.82) is 0 Å². The Labute approximate surface area is 176 Å². The summed E-state index contributed by atoms with van der Waals surface area (Å²) < 4.78 is 20.4. The number of alkyl halides is 6. The molecular weight excluding hydrogens is 695 g/mol. The molecule has 0 aromatic carbocycles. The SMILES string of the molecule is CC(C)(CBr)C(Br)(Br)OP(=O)(O)OC(Br)(Br)C(C)(C)CBr. The molecule has 0 atom stereocenters. The summed E-state index contributed by atoms with van der Waals surface area (Å²) in [4.78, 5) is 10.1. The van der Waals surface area contributed by atoms with Crippen LogP contribution < -0.4 is 0 Å². The van der Waals surface area contributed by atoms with E-state index in [4.69, 9.17) is 9.05 Å². The van der Waals surface area contributed by atoms with Gasteiger partial charge < -0.3 is 4.89 Å². The zero-order valence-electron chi connectivity index (χ0n) is 11.8. The predicted octanol–water partition coefficient (Wildman–Crippen LogP) is 6.85. The summed E-state index contributed by atoms with van der Waals surface area (Å²) in [6.45, 7) is 7.40. The van der Waals surface area contributed by atoms with E-state index in [-0.39, 0.29) is 0 Å². The van der Waals surface area contributed by atoms with Crippen LogP contribution in [0.25, 0.3) is 0 Å². The van der Waals surface area contributed by atoms with Gasteiger partial charge in [-0.1, -0.05) is 59.6 Å². The average molecular weight is 712 g/mol. The molecule has 0 aliphatic carbocycles. The van der Waals surface area contributed by atoms with Gasteiger partial charge in [-0.15, -0.1) is 0 Å². The number of halogens is 6. The first-order valence-corrected chi connectivity index (χ1v) is 12.6. The summed E-state index contributed by atoms with van der Waals surface area (Å²) in [6, 6.07) is 0. The van der Waals surface area contributed by atoms with Crippen LogP contribution in [0.2, 0.25) is 0 Å². The van der Waals surface area contributed by atoms with Crippen molar-refractivity contribution in [1.82, 2.24) is 0 Å². The quantitative estimate of drug-likeness (QED) is 0.221. The van der Waals surface area contributed by atoms with E-state index >= 15 is 0 Å². The molecule has 0 aromatic heterocycles. The van der Waals surface area contributed by atoms with Crippen molar-refractivity contribution in [2.45, 2.75) is 34.5 Å². The van der Waals surface area contributed by atoms with Crippen molar-refractivity contribution in [2.75, 3.05) is 10.7 Å². The van der Waals surface area contributed by atoms with Crippen LogP contribution >= 0.6 is 103 Å². The van der Waals surface area contributed by atoms with Crippen LogP contribution in [-0.4, -0.2) is 22.4 Å². The highest BCUT2D eigenvalue weighted by Gasteiger charge is 2.52. The van der Waals surface area contributed by atoms with Crippen molar-refractivity contribution in [3.63, 3.8) is 0 Å². The smallest absolute Gasteiger partial charge is 0.302 e. The zero-order chi connectivity index (χ0) is 17.3. The lowest BCUT2D eigenvalue weighted by molar-refractivity contribution is 0.0496. The molecular formula is C10H17Br6O4P. The Morgan fingerprint density at radius 2 is 1.10 bits per heavy atom. The standard InChI is InChI=1S/C10H17Br6O4P/c1-7(2,5-11)9(13,14)19-21(17,18)20-10(15,16)8(3,4)6-12/h5-6H2,1-4H3,(H,17,18). The van der Waals surface area contributed by atoms with Crippen molar-refractivity contribution in [2.24, 2.45) is 10.8 Å². The monoisotopic (exact) mass is 706 g/mol. The van der Waals surface area contributed by atoms with E-state index in [2.05, 4.69) is 95.6 Å². The molecule has 0 aliphatic rings. The third kappa shape index (κ3) is 6.66. The molecule has 0 fully saturated rings. The van der Waals surface area contributed by atoms with E-state index in [0.29, 0.717) is 10.7 Å². The molecule has 0 aromatic rings. The van der Waals surface area contributed by atoms with Crippen molar-refractivity contribution in [3.8, 4) is 0 Å². The van der Waals surface area contributed by atoms with Crippen molar-refractivity contribution < 1.29 is 18.5 Å². The Balaban J connectivity index is 5.23. The maximum absolute atomic E-state index is 12.3. The van der Waals surface area contributed by atoms with Gasteiger partial charge in [0, 0.05) is 21.5 Å². The molecule has 0 bridgehead atoms. The number of phosphoric ester groups is 1. The molecule has 0 aliphatic heterocycles. The highest BCUT2D eigenvalue weighted by Crippen LogP contribution is 2.63. The van der Waals surface area contributed by atoms with Crippen LogP contribution in [0.3, 0.4) is 0 Å². The van der Waals surface area contributed by atoms with Gasteiger partial charge in [-0.2, -0.15) is 0 Å². The highest BCUT2D eigenvalue weighted by molar-refractivity contribution is 9.25. The molecule has 0 unspecified atom stereocenters. The molecule has 0 saturated heterocycles. The minimum atomic E-state index is -4.38. The number of phosphoric acid groups is 1. The van der Waals surface area contributed by atoms with E-state index in [9.17, 15) is 9.46 Å². The van der Waals surface area contributed by atoms with Gasteiger partial charge in [0.15, 0.2) is 6.84 Å². The summed E-state index contributed by atoms with van der Waals surface area (Å²) in [5, 5.41) is 1.05. The van der Waals surface area contributed by atoms with Crippen LogP contribution in [0.15, 0.2) is 0 Å². The molecule has 11 heteroatoms. The second-order valence-electron chi connectivity index (χ2n) is 5.72. The summed E-state index contributed by atoms with van der Waals surface area (Å²) in [5.41, 5.74) is -1.05. The Kier molecular flexibility index (Phi) is 9.28. The molecule has 1 N–H and O–H groups in total. The van der Waals surface area contributed by atoms with E-state index < -0.39 is 25.5 Å². The molecule has 0 rings (SSSR count). The van der Waals surface area contributed by atoms with Crippen LogP contribution in [0.4, 0.5) is 0 Å². The molecule has 0 saturated carbocycles. The van der Waals surface area contributed by atoms with Crippen LogP contribution in [0.1, 0.15) is 27.7 Å². The lowest BCUT2D eigenvalue weighted by Crippen LogP contribution is -2.39. The summed E-state index contributed by atoms with van der Waals surface area (Å²) in [7, 11) is -4.38. The number of hydrogen-bond acceptors (Lipinski definition) is 3. The first-order valence-electron chi connectivity index (χ1n) is 5.65. The minimum Gasteiger partial charge on any atom is -0.302 e. The fourth-order valence-electron chi connectivity index (χ4n) is 0.711. The average Bonchev–Trinajstić information content (AvgIpc) is 2.25. The summed E-state index contributed by atoms with van der Waals surface area (Å²) in [5.74, 6) is 0. The van der Waals surface area contributed by atoms with Crippen molar-refractivity contribution >= 4 is 103 Å². The van der Waals surface area contributed by atoms with Gasteiger partial charge in [0.2, 0.25) is 0 Å². The summed E-state index contributed by atoms with van der Waals surface area (Å²) >= 11 is 19.8. The Bertz CT molecular complexity index is 378. The maximum atomic E-state index is 12.3. The van der Waals surface area contributed by atoms with Gasteiger partial charge in [-0.05, 0) is 63.7 Å². The first-order chi connectivity index (χ1) is 9.04. The van der Waals surface area contributed by atoms with Gasteiger partial charge in [0.05, 0.1) is 0 Å². The first kappa shape index (κ1) is 24.0. The van der Waals surface area contributed by atoms with Crippen LogP contribution in [-0.2, 0) is 13.6 Å². The lowest BCUT2D eigenvalue weighted by atomic mass is 9.98. The van der Waals surface area contributed by atoms with E-state index in [1.165, 1.54) is 0 Å². The fourth-order valence-corrected chi connectivity index (χ4v) is 6.87. The van der Waals surface area contributed by atoms with Crippen molar-refractivity contribution in [3.05, 3.63) is 0 Å². The Morgan fingerprint density at radius 1 is 0.857 bits per heavy atom. The highest BCUT2D eigenvalue weighted by atomic mass is 79.9. The number of hydrogen-bond donors (Lipinski definition) is 1. The third-order valence-corrected chi connectivity index (χ3v) is 12.5. The molecule has 0 spiro atoms. The van der Waals surface area contributed by atoms with Gasteiger partial charge in [-0.3, -0.25) is 9.05 Å². The maximum Gasteiger partial charge on any atom is 0.476 e. The van der Waals surface area contributed by atoms with Crippen LogP contribution in [0, 0.1) is 10.8 Å². The second kappa shape index (κ2) is 8.12. The molecule has 128 valence electrons. The van der Waals surface area contributed by atoms with E-state index in [1.807, 2.05) is 27.7 Å².